The number of nitrogen functional groups attached to an aromatic ring is 1. The molecule has 0 aromatic heterocycles. The summed E-state index contributed by atoms with van der Waals surface area (Å²) in [6.07, 6.45) is 0. The molecule has 4 heteroatoms. The number of hydrogen-bond donors (Lipinski definition) is 1. The normalized spacial score (nSPS) is 15.2. The molecule has 2 aromatic carbocycles. The van der Waals surface area contributed by atoms with Gasteiger partial charge in [0.15, 0.2) is 0 Å². The number of nitrogens with two attached hydrogens (primary N) is 1. The average molecular weight is 289 g/mol. The molecule has 20 heavy (non-hydrogen) atoms. The maximum absolute atomic E-state index is 6.03. The molecule has 2 aromatic rings. The minimum absolute atomic E-state index is 0.677. The minimum Gasteiger partial charge on any atom is -0.492 e. The first kappa shape index (κ1) is 13.3. The van der Waals surface area contributed by atoms with Crippen LogP contribution in [0.3, 0.4) is 0 Å². The third-order valence-electron chi connectivity index (χ3n) is 3.53. The maximum atomic E-state index is 6.03. The number of halogens is 1. The van der Waals surface area contributed by atoms with Crippen LogP contribution in [0.4, 0.5) is 5.69 Å². The van der Waals surface area contributed by atoms with E-state index in [4.69, 9.17) is 22.1 Å². The van der Waals surface area contributed by atoms with Crippen LogP contribution in [0.2, 0.25) is 5.02 Å². The molecule has 0 atom stereocenters. The first-order valence-corrected chi connectivity index (χ1v) is 7.07. The molecule has 0 spiro atoms. The van der Waals surface area contributed by atoms with Gasteiger partial charge in [0.25, 0.3) is 0 Å². The second-order valence-corrected chi connectivity index (χ2v) is 5.45. The summed E-state index contributed by atoms with van der Waals surface area (Å²) in [6, 6.07) is 13.9. The van der Waals surface area contributed by atoms with E-state index in [1.807, 2.05) is 30.3 Å². The molecule has 1 aliphatic rings. The van der Waals surface area contributed by atoms with E-state index < -0.39 is 0 Å². The van der Waals surface area contributed by atoms with E-state index in [0.717, 1.165) is 36.6 Å². The fourth-order valence-electron chi connectivity index (χ4n) is 2.47. The van der Waals surface area contributed by atoms with Crippen molar-refractivity contribution in [3.8, 4) is 5.75 Å². The Morgan fingerprint density at radius 3 is 2.90 bits per heavy atom. The van der Waals surface area contributed by atoms with Crippen molar-refractivity contribution in [2.45, 2.75) is 13.1 Å². The highest BCUT2D eigenvalue weighted by molar-refractivity contribution is 6.30. The summed E-state index contributed by atoms with van der Waals surface area (Å²) in [7, 11) is 0. The quantitative estimate of drug-likeness (QED) is 0.862. The molecule has 0 radical (unpaired) electrons. The molecular weight excluding hydrogens is 272 g/mol. The largest absolute Gasteiger partial charge is 0.492 e. The monoisotopic (exact) mass is 288 g/mol. The third-order valence-corrected chi connectivity index (χ3v) is 3.77. The van der Waals surface area contributed by atoms with Gasteiger partial charge >= 0.3 is 0 Å². The fraction of sp³-hybridized carbons (Fsp3) is 0.250. The predicted octanol–water partition coefficient (Wildman–Crippen LogP) is 3.32. The molecular formula is C16H17ClN2O. The highest BCUT2D eigenvalue weighted by Gasteiger charge is 2.15. The van der Waals surface area contributed by atoms with E-state index in [-0.39, 0.29) is 0 Å². The molecule has 1 aliphatic heterocycles. The molecule has 3 nitrogen and oxygen atoms in total. The maximum Gasteiger partial charge on any atom is 0.123 e. The van der Waals surface area contributed by atoms with Gasteiger partial charge in [-0.15, -0.1) is 0 Å². The number of fused-ring (bicyclic) bond motifs is 1. The highest BCUT2D eigenvalue weighted by atomic mass is 35.5. The van der Waals surface area contributed by atoms with Crippen LogP contribution in [-0.2, 0) is 13.1 Å². The van der Waals surface area contributed by atoms with Crippen molar-refractivity contribution in [1.29, 1.82) is 0 Å². The molecule has 0 unspecified atom stereocenters. The number of anilines is 1. The van der Waals surface area contributed by atoms with Crippen LogP contribution < -0.4 is 10.5 Å². The summed E-state index contributed by atoms with van der Waals surface area (Å²) in [5, 5.41) is 0.677. The van der Waals surface area contributed by atoms with Crippen LogP contribution in [0.25, 0.3) is 0 Å². The number of hydrogen-bond acceptors (Lipinski definition) is 3. The van der Waals surface area contributed by atoms with Gasteiger partial charge in [-0.1, -0.05) is 35.9 Å². The second kappa shape index (κ2) is 5.73. The Bertz CT molecular complexity index is 615. The van der Waals surface area contributed by atoms with E-state index in [9.17, 15) is 0 Å². The van der Waals surface area contributed by atoms with Crippen LogP contribution in [0.5, 0.6) is 5.75 Å². The Hall–Kier alpha value is -1.71. The molecule has 3 rings (SSSR count). The Morgan fingerprint density at radius 1 is 1.20 bits per heavy atom. The number of para-hydroxylation sites is 1. The third kappa shape index (κ3) is 2.89. The zero-order valence-corrected chi connectivity index (χ0v) is 11.9. The lowest BCUT2D eigenvalue weighted by Gasteiger charge is -2.20. The summed E-state index contributed by atoms with van der Waals surface area (Å²) in [5.41, 5.74) is 9.10. The lowest BCUT2D eigenvalue weighted by molar-refractivity contribution is 0.220. The number of benzene rings is 2. The van der Waals surface area contributed by atoms with Crippen LogP contribution in [0.1, 0.15) is 11.1 Å². The average Bonchev–Trinajstić information content (AvgIpc) is 2.63. The summed E-state index contributed by atoms with van der Waals surface area (Å²) in [5.74, 6) is 0.985. The summed E-state index contributed by atoms with van der Waals surface area (Å²) in [6.45, 7) is 3.26. The van der Waals surface area contributed by atoms with Crippen molar-refractivity contribution in [1.82, 2.24) is 4.90 Å². The Labute approximate surface area is 123 Å². The van der Waals surface area contributed by atoms with Crippen LogP contribution in [0.15, 0.2) is 42.5 Å². The molecule has 0 aliphatic carbocycles. The van der Waals surface area contributed by atoms with E-state index >= 15 is 0 Å². The SMILES string of the molecule is Nc1cc(Cl)ccc1CN1CCOc2ccccc2C1. The van der Waals surface area contributed by atoms with Gasteiger partial charge in [-0.05, 0) is 23.8 Å². The van der Waals surface area contributed by atoms with Crippen molar-refractivity contribution in [3.63, 3.8) is 0 Å². The smallest absolute Gasteiger partial charge is 0.123 e. The number of rotatable bonds is 2. The van der Waals surface area contributed by atoms with Gasteiger partial charge in [0, 0.05) is 35.9 Å². The molecule has 0 saturated carbocycles. The van der Waals surface area contributed by atoms with Gasteiger partial charge in [0.05, 0.1) is 0 Å². The van der Waals surface area contributed by atoms with Crippen molar-refractivity contribution in [3.05, 3.63) is 58.6 Å². The summed E-state index contributed by atoms with van der Waals surface area (Å²) in [4.78, 5) is 2.34. The molecule has 0 amide bonds. The molecule has 0 saturated heterocycles. The topological polar surface area (TPSA) is 38.5 Å². The molecule has 1 heterocycles. The van der Waals surface area contributed by atoms with Gasteiger partial charge in [0.2, 0.25) is 0 Å². The van der Waals surface area contributed by atoms with Crippen molar-refractivity contribution >= 4 is 17.3 Å². The van der Waals surface area contributed by atoms with Crippen LogP contribution >= 0.6 is 11.6 Å². The standard InChI is InChI=1S/C16H17ClN2O/c17-14-6-5-12(15(18)9-14)10-19-7-8-20-16-4-2-1-3-13(16)11-19/h1-6,9H,7-8,10-11,18H2. The van der Waals surface area contributed by atoms with Crippen molar-refractivity contribution in [2.24, 2.45) is 0 Å². The Kier molecular flexibility index (Phi) is 3.81. The van der Waals surface area contributed by atoms with E-state index in [0.29, 0.717) is 11.6 Å². The second-order valence-electron chi connectivity index (χ2n) is 5.01. The zero-order valence-electron chi connectivity index (χ0n) is 11.2. The van der Waals surface area contributed by atoms with Gasteiger partial charge < -0.3 is 10.5 Å². The van der Waals surface area contributed by atoms with Gasteiger partial charge in [-0.25, -0.2) is 0 Å². The number of nitrogens with zero attached hydrogens (tertiary/aromatic N) is 1. The first-order chi connectivity index (χ1) is 9.72. The predicted molar refractivity (Wildman–Crippen MR) is 81.9 cm³/mol. The van der Waals surface area contributed by atoms with Crippen molar-refractivity contribution < 1.29 is 4.74 Å². The molecule has 0 bridgehead atoms. The Morgan fingerprint density at radius 2 is 2.05 bits per heavy atom. The zero-order chi connectivity index (χ0) is 13.9. The highest BCUT2D eigenvalue weighted by Crippen LogP contribution is 2.25. The van der Waals surface area contributed by atoms with Gasteiger partial charge in [-0.3, -0.25) is 4.90 Å². The first-order valence-electron chi connectivity index (χ1n) is 6.69. The lowest BCUT2D eigenvalue weighted by atomic mass is 10.1. The summed E-state index contributed by atoms with van der Waals surface area (Å²) >= 11 is 5.94. The van der Waals surface area contributed by atoms with E-state index in [1.165, 1.54) is 5.56 Å². The molecule has 104 valence electrons. The molecule has 0 fully saturated rings. The minimum atomic E-state index is 0.677. The molecule has 2 N–H and O–H groups in total. The van der Waals surface area contributed by atoms with E-state index in [2.05, 4.69) is 11.0 Å². The van der Waals surface area contributed by atoms with Crippen molar-refractivity contribution in [2.75, 3.05) is 18.9 Å². The van der Waals surface area contributed by atoms with E-state index in [1.54, 1.807) is 6.07 Å². The lowest BCUT2D eigenvalue weighted by Crippen LogP contribution is -2.25. The fourth-order valence-corrected chi connectivity index (χ4v) is 2.65. The van der Waals surface area contributed by atoms with Gasteiger partial charge in [-0.2, -0.15) is 0 Å². The Balaban J connectivity index is 1.78. The number of ether oxygens (including phenoxy) is 1. The van der Waals surface area contributed by atoms with Gasteiger partial charge in [0.1, 0.15) is 12.4 Å². The van der Waals surface area contributed by atoms with Crippen LogP contribution in [0, 0.1) is 0 Å². The van der Waals surface area contributed by atoms with Crippen LogP contribution in [-0.4, -0.2) is 18.1 Å². The summed E-state index contributed by atoms with van der Waals surface area (Å²) < 4.78 is 5.77.